The molecule has 0 atom stereocenters. The molecule has 2 aromatic carbocycles. The van der Waals surface area contributed by atoms with Crippen LogP contribution in [0.5, 0.6) is 11.5 Å². The van der Waals surface area contributed by atoms with Crippen LogP contribution >= 0.6 is 0 Å². The van der Waals surface area contributed by atoms with Gasteiger partial charge in [0.05, 0.1) is 13.5 Å². The molecule has 1 aliphatic rings. The fourth-order valence-electron chi connectivity index (χ4n) is 3.64. The van der Waals surface area contributed by atoms with Crippen LogP contribution in [0.1, 0.15) is 23.1 Å². The Labute approximate surface area is 178 Å². The van der Waals surface area contributed by atoms with Crippen molar-refractivity contribution in [3.05, 3.63) is 59.2 Å². The number of hydrogen-bond acceptors (Lipinski definition) is 4. The zero-order valence-electron chi connectivity index (χ0n) is 18.0. The van der Waals surface area contributed by atoms with Gasteiger partial charge in [0.2, 0.25) is 5.91 Å². The Hall–Kier alpha value is -3.02. The van der Waals surface area contributed by atoms with E-state index in [0.717, 1.165) is 34.6 Å². The molecule has 0 saturated carbocycles. The molecule has 1 heterocycles. The van der Waals surface area contributed by atoms with E-state index in [0.29, 0.717) is 32.6 Å². The van der Waals surface area contributed by atoms with Crippen LogP contribution in [0, 0.1) is 13.8 Å². The SMILES string of the molecule is COc1ccc(CC(=O)N2CCCN(C(=O)COc3ccc(C)cc3C)CC2)cc1. The number of rotatable bonds is 6. The van der Waals surface area contributed by atoms with Crippen molar-refractivity contribution >= 4 is 11.8 Å². The molecule has 6 heteroatoms. The number of methoxy groups -OCH3 is 1. The van der Waals surface area contributed by atoms with Crippen molar-refractivity contribution in [2.75, 3.05) is 39.9 Å². The Balaban J connectivity index is 1.49. The Kier molecular flexibility index (Phi) is 7.33. The molecule has 160 valence electrons. The molecule has 0 N–H and O–H groups in total. The first-order chi connectivity index (χ1) is 14.5. The maximum Gasteiger partial charge on any atom is 0.260 e. The molecule has 0 radical (unpaired) electrons. The molecule has 2 aromatic rings. The minimum atomic E-state index is -0.0422. The monoisotopic (exact) mass is 410 g/mol. The summed E-state index contributed by atoms with van der Waals surface area (Å²) in [6.45, 7) is 6.40. The average Bonchev–Trinajstić information content (AvgIpc) is 3.00. The van der Waals surface area contributed by atoms with Gasteiger partial charge in [-0.1, -0.05) is 29.8 Å². The maximum absolute atomic E-state index is 12.7. The van der Waals surface area contributed by atoms with Gasteiger partial charge in [-0.25, -0.2) is 0 Å². The molecule has 1 fully saturated rings. The summed E-state index contributed by atoms with van der Waals surface area (Å²) in [7, 11) is 1.62. The van der Waals surface area contributed by atoms with Crippen LogP contribution in [-0.2, 0) is 16.0 Å². The summed E-state index contributed by atoms with van der Waals surface area (Å²) in [6.07, 6.45) is 1.12. The topological polar surface area (TPSA) is 59.1 Å². The van der Waals surface area contributed by atoms with E-state index in [4.69, 9.17) is 9.47 Å². The second kappa shape index (κ2) is 10.1. The summed E-state index contributed by atoms with van der Waals surface area (Å²) in [5.41, 5.74) is 3.15. The van der Waals surface area contributed by atoms with Gasteiger partial charge >= 0.3 is 0 Å². The molecular weight excluding hydrogens is 380 g/mol. The summed E-state index contributed by atoms with van der Waals surface area (Å²) >= 11 is 0. The van der Waals surface area contributed by atoms with Crippen LogP contribution in [-0.4, -0.2) is 61.5 Å². The fraction of sp³-hybridized carbons (Fsp3) is 0.417. The number of ether oxygens (including phenoxy) is 2. The van der Waals surface area contributed by atoms with Gasteiger partial charge in [0.25, 0.3) is 5.91 Å². The number of benzene rings is 2. The second-order valence-electron chi connectivity index (χ2n) is 7.70. The first kappa shape index (κ1) is 21.7. The number of aryl methyl sites for hydroxylation is 2. The third-order valence-electron chi connectivity index (χ3n) is 5.40. The first-order valence-electron chi connectivity index (χ1n) is 10.3. The summed E-state index contributed by atoms with van der Waals surface area (Å²) in [5, 5.41) is 0. The highest BCUT2D eigenvalue weighted by Gasteiger charge is 2.22. The van der Waals surface area contributed by atoms with E-state index in [2.05, 4.69) is 0 Å². The molecule has 6 nitrogen and oxygen atoms in total. The molecule has 1 aliphatic heterocycles. The van der Waals surface area contributed by atoms with E-state index in [1.54, 1.807) is 12.0 Å². The molecule has 0 aliphatic carbocycles. The Morgan fingerprint density at radius 3 is 2.20 bits per heavy atom. The van der Waals surface area contributed by atoms with Crippen molar-refractivity contribution in [1.82, 2.24) is 9.80 Å². The van der Waals surface area contributed by atoms with E-state index in [1.807, 2.05) is 61.2 Å². The van der Waals surface area contributed by atoms with Crippen molar-refractivity contribution in [3.8, 4) is 11.5 Å². The number of hydrogen-bond donors (Lipinski definition) is 0. The number of nitrogens with zero attached hydrogens (tertiary/aromatic N) is 2. The molecule has 3 rings (SSSR count). The van der Waals surface area contributed by atoms with E-state index in [1.165, 1.54) is 0 Å². The van der Waals surface area contributed by atoms with Crippen molar-refractivity contribution < 1.29 is 19.1 Å². The lowest BCUT2D eigenvalue weighted by molar-refractivity contribution is -0.134. The Morgan fingerprint density at radius 2 is 1.57 bits per heavy atom. The Bertz CT molecular complexity index is 879. The predicted molar refractivity (Wildman–Crippen MR) is 116 cm³/mol. The van der Waals surface area contributed by atoms with Gasteiger partial charge in [0.1, 0.15) is 11.5 Å². The minimum Gasteiger partial charge on any atom is -0.497 e. The Morgan fingerprint density at radius 1 is 0.900 bits per heavy atom. The van der Waals surface area contributed by atoms with Gasteiger partial charge in [-0.15, -0.1) is 0 Å². The van der Waals surface area contributed by atoms with Gasteiger partial charge in [0.15, 0.2) is 6.61 Å². The summed E-state index contributed by atoms with van der Waals surface area (Å²) in [4.78, 5) is 29.0. The molecular formula is C24H30N2O4. The molecule has 0 spiro atoms. The molecule has 0 unspecified atom stereocenters. The van der Waals surface area contributed by atoms with Gasteiger partial charge < -0.3 is 19.3 Å². The van der Waals surface area contributed by atoms with Crippen LogP contribution in [0.2, 0.25) is 0 Å². The normalized spacial score (nSPS) is 14.2. The van der Waals surface area contributed by atoms with Gasteiger partial charge in [-0.2, -0.15) is 0 Å². The lowest BCUT2D eigenvalue weighted by atomic mass is 10.1. The van der Waals surface area contributed by atoms with E-state index in [-0.39, 0.29) is 18.4 Å². The zero-order chi connectivity index (χ0) is 21.5. The van der Waals surface area contributed by atoms with Crippen molar-refractivity contribution in [2.24, 2.45) is 0 Å². The summed E-state index contributed by atoms with van der Waals surface area (Å²) < 4.78 is 10.9. The number of carbonyl (C=O) groups is 2. The second-order valence-corrected chi connectivity index (χ2v) is 7.70. The third-order valence-corrected chi connectivity index (χ3v) is 5.40. The van der Waals surface area contributed by atoms with Crippen LogP contribution < -0.4 is 9.47 Å². The molecule has 1 saturated heterocycles. The van der Waals surface area contributed by atoms with Crippen molar-refractivity contribution in [1.29, 1.82) is 0 Å². The highest BCUT2D eigenvalue weighted by atomic mass is 16.5. The number of amides is 2. The van der Waals surface area contributed by atoms with E-state index < -0.39 is 0 Å². The van der Waals surface area contributed by atoms with E-state index in [9.17, 15) is 9.59 Å². The standard InChI is InChI=1S/C24H30N2O4/c1-18-5-10-22(19(2)15-18)30-17-24(28)26-12-4-11-25(13-14-26)23(27)16-20-6-8-21(29-3)9-7-20/h5-10,15H,4,11-14,16-17H2,1-3H3. The summed E-state index contributed by atoms with van der Waals surface area (Å²) in [6, 6.07) is 13.5. The van der Waals surface area contributed by atoms with Crippen LogP contribution in [0.4, 0.5) is 0 Å². The molecule has 0 aromatic heterocycles. The van der Waals surface area contributed by atoms with Gasteiger partial charge in [0, 0.05) is 26.2 Å². The maximum atomic E-state index is 12.7. The molecule has 30 heavy (non-hydrogen) atoms. The smallest absolute Gasteiger partial charge is 0.260 e. The molecule has 2 amide bonds. The van der Waals surface area contributed by atoms with Gasteiger partial charge in [-0.05, 0) is 49.6 Å². The lowest BCUT2D eigenvalue weighted by Gasteiger charge is -2.22. The predicted octanol–water partition coefficient (Wildman–Crippen LogP) is 2.99. The first-order valence-corrected chi connectivity index (χ1v) is 10.3. The van der Waals surface area contributed by atoms with Crippen molar-refractivity contribution in [2.45, 2.75) is 26.7 Å². The van der Waals surface area contributed by atoms with E-state index >= 15 is 0 Å². The zero-order valence-corrected chi connectivity index (χ0v) is 18.0. The van der Waals surface area contributed by atoms with Crippen LogP contribution in [0.25, 0.3) is 0 Å². The summed E-state index contributed by atoms with van der Waals surface area (Å²) in [5.74, 6) is 1.55. The third kappa shape index (κ3) is 5.75. The highest BCUT2D eigenvalue weighted by molar-refractivity contribution is 5.80. The van der Waals surface area contributed by atoms with Crippen LogP contribution in [0.15, 0.2) is 42.5 Å². The lowest BCUT2D eigenvalue weighted by Crippen LogP contribution is -2.39. The quantitative estimate of drug-likeness (QED) is 0.735. The highest BCUT2D eigenvalue weighted by Crippen LogP contribution is 2.19. The minimum absolute atomic E-state index is 0.0176. The van der Waals surface area contributed by atoms with Gasteiger partial charge in [-0.3, -0.25) is 9.59 Å². The fourth-order valence-corrected chi connectivity index (χ4v) is 3.64. The number of carbonyl (C=O) groups excluding carboxylic acids is 2. The molecule has 0 bridgehead atoms. The van der Waals surface area contributed by atoms with Crippen LogP contribution in [0.3, 0.4) is 0 Å². The average molecular weight is 411 g/mol. The van der Waals surface area contributed by atoms with Crippen molar-refractivity contribution in [3.63, 3.8) is 0 Å². The largest absolute Gasteiger partial charge is 0.497 e.